The molecule has 1 unspecified atom stereocenters. The molecule has 3 aromatic rings. The highest BCUT2D eigenvalue weighted by atomic mass is 79.9. The number of hydrogen-bond acceptors (Lipinski definition) is 3. The van der Waals surface area contributed by atoms with Crippen LogP contribution < -0.4 is 10.6 Å². The SMILES string of the molecule is CC(C)(C)OC(=O)NC1CCc2[nH]c3ccc(NC(=O)C/C=C/c4ccc(Br)cc4)cc3c2C1. The Morgan fingerprint density at radius 1 is 1.18 bits per heavy atom. The van der Waals surface area contributed by atoms with Gasteiger partial charge in [0, 0.05) is 39.2 Å². The van der Waals surface area contributed by atoms with Crippen molar-refractivity contribution in [3.8, 4) is 0 Å². The molecule has 1 atom stereocenters. The number of rotatable bonds is 5. The molecule has 1 aliphatic carbocycles. The van der Waals surface area contributed by atoms with Crippen molar-refractivity contribution in [2.24, 2.45) is 0 Å². The van der Waals surface area contributed by atoms with Crippen molar-refractivity contribution in [1.82, 2.24) is 10.3 Å². The number of carbonyl (C=O) groups is 2. The Morgan fingerprint density at radius 2 is 1.94 bits per heavy atom. The maximum Gasteiger partial charge on any atom is 0.407 e. The van der Waals surface area contributed by atoms with Crippen LogP contribution >= 0.6 is 15.9 Å². The number of aromatic nitrogens is 1. The highest BCUT2D eigenvalue weighted by Crippen LogP contribution is 2.31. The van der Waals surface area contributed by atoms with E-state index in [4.69, 9.17) is 4.74 Å². The van der Waals surface area contributed by atoms with E-state index in [2.05, 4.69) is 31.5 Å². The molecule has 0 spiro atoms. The summed E-state index contributed by atoms with van der Waals surface area (Å²) in [6, 6.07) is 13.9. The summed E-state index contributed by atoms with van der Waals surface area (Å²) in [5, 5.41) is 7.07. The van der Waals surface area contributed by atoms with Gasteiger partial charge in [-0.2, -0.15) is 0 Å². The summed E-state index contributed by atoms with van der Waals surface area (Å²) in [6.07, 6.45) is 6.14. The van der Waals surface area contributed by atoms with Crippen molar-refractivity contribution in [2.75, 3.05) is 5.32 Å². The average molecular weight is 524 g/mol. The zero-order chi connectivity index (χ0) is 24.3. The maximum atomic E-state index is 12.5. The van der Waals surface area contributed by atoms with E-state index in [-0.39, 0.29) is 18.0 Å². The first-order valence-corrected chi connectivity index (χ1v) is 12.3. The van der Waals surface area contributed by atoms with E-state index in [1.807, 2.05) is 75.4 Å². The predicted molar refractivity (Wildman–Crippen MR) is 140 cm³/mol. The number of H-pyrrole nitrogens is 1. The number of nitrogens with one attached hydrogen (secondary N) is 3. The van der Waals surface area contributed by atoms with Crippen LogP contribution in [0, 0.1) is 0 Å². The summed E-state index contributed by atoms with van der Waals surface area (Å²) in [7, 11) is 0. The van der Waals surface area contributed by atoms with Gasteiger partial charge in [0.15, 0.2) is 0 Å². The lowest BCUT2D eigenvalue weighted by Gasteiger charge is -2.26. The van der Waals surface area contributed by atoms with Crippen LogP contribution in [0.4, 0.5) is 10.5 Å². The summed E-state index contributed by atoms with van der Waals surface area (Å²) in [4.78, 5) is 28.2. The molecule has 34 heavy (non-hydrogen) atoms. The third-order valence-electron chi connectivity index (χ3n) is 5.68. The lowest BCUT2D eigenvalue weighted by Crippen LogP contribution is -2.41. The second kappa shape index (κ2) is 10.1. The molecule has 6 nitrogen and oxygen atoms in total. The predicted octanol–water partition coefficient (Wildman–Crippen LogP) is 6.35. The molecule has 0 radical (unpaired) electrons. The van der Waals surface area contributed by atoms with Gasteiger partial charge >= 0.3 is 6.09 Å². The number of fused-ring (bicyclic) bond motifs is 3. The molecule has 1 aliphatic rings. The molecule has 178 valence electrons. The number of benzene rings is 2. The van der Waals surface area contributed by atoms with Crippen LogP contribution in [-0.4, -0.2) is 28.6 Å². The summed E-state index contributed by atoms with van der Waals surface area (Å²) in [5.74, 6) is -0.0680. The highest BCUT2D eigenvalue weighted by Gasteiger charge is 2.26. The van der Waals surface area contributed by atoms with Crippen LogP contribution in [0.3, 0.4) is 0 Å². The lowest BCUT2D eigenvalue weighted by atomic mass is 9.91. The Hall–Kier alpha value is -3.06. The van der Waals surface area contributed by atoms with Gasteiger partial charge in [-0.05, 0) is 81.5 Å². The normalized spacial score (nSPS) is 15.8. The lowest BCUT2D eigenvalue weighted by molar-refractivity contribution is -0.115. The molecule has 4 rings (SSSR count). The second-order valence-electron chi connectivity index (χ2n) is 9.63. The fourth-order valence-corrected chi connectivity index (χ4v) is 4.44. The number of halogens is 1. The first-order chi connectivity index (χ1) is 16.2. The van der Waals surface area contributed by atoms with Crippen LogP contribution in [-0.2, 0) is 22.4 Å². The number of carbonyl (C=O) groups excluding carboxylic acids is 2. The fourth-order valence-electron chi connectivity index (χ4n) is 4.18. The zero-order valence-electron chi connectivity index (χ0n) is 19.7. The van der Waals surface area contributed by atoms with Crippen LogP contribution in [0.2, 0.25) is 0 Å². The van der Waals surface area contributed by atoms with Gasteiger partial charge in [0.2, 0.25) is 5.91 Å². The Labute approximate surface area is 208 Å². The van der Waals surface area contributed by atoms with Gasteiger partial charge in [0.05, 0.1) is 0 Å². The molecule has 7 heteroatoms. The molecule has 0 saturated carbocycles. The van der Waals surface area contributed by atoms with Crippen LogP contribution in [0.15, 0.2) is 53.0 Å². The number of anilines is 1. The number of ether oxygens (including phenoxy) is 1. The van der Waals surface area contributed by atoms with Crippen molar-refractivity contribution >= 4 is 50.6 Å². The van der Waals surface area contributed by atoms with Gasteiger partial charge in [-0.1, -0.05) is 40.2 Å². The Bertz CT molecular complexity index is 1220. The smallest absolute Gasteiger partial charge is 0.407 e. The van der Waals surface area contributed by atoms with Crippen LogP contribution in [0.25, 0.3) is 17.0 Å². The van der Waals surface area contributed by atoms with E-state index in [0.717, 1.165) is 45.9 Å². The maximum absolute atomic E-state index is 12.5. The van der Waals surface area contributed by atoms with Crippen LogP contribution in [0.1, 0.15) is 50.4 Å². The van der Waals surface area contributed by atoms with E-state index in [0.29, 0.717) is 6.42 Å². The molecule has 1 aromatic heterocycles. The topological polar surface area (TPSA) is 83.2 Å². The van der Waals surface area contributed by atoms with Crippen molar-refractivity contribution in [1.29, 1.82) is 0 Å². The Balaban J connectivity index is 1.40. The van der Waals surface area contributed by atoms with Gasteiger partial charge in [0.1, 0.15) is 5.60 Å². The largest absolute Gasteiger partial charge is 0.444 e. The molecule has 0 bridgehead atoms. The van der Waals surface area contributed by atoms with Gasteiger partial charge in [-0.3, -0.25) is 4.79 Å². The Kier molecular flexibility index (Phi) is 7.12. The van der Waals surface area contributed by atoms with Crippen molar-refractivity contribution in [3.05, 3.63) is 69.8 Å². The molecule has 2 amide bonds. The zero-order valence-corrected chi connectivity index (χ0v) is 21.3. The first kappa shape index (κ1) is 24.1. The van der Waals surface area contributed by atoms with E-state index >= 15 is 0 Å². The summed E-state index contributed by atoms with van der Waals surface area (Å²) < 4.78 is 6.44. The van der Waals surface area contributed by atoms with Crippen molar-refractivity contribution < 1.29 is 14.3 Å². The molecular formula is C27H30BrN3O3. The third kappa shape index (κ3) is 6.29. The monoisotopic (exact) mass is 523 g/mol. The van der Waals surface area contributed by atoms with Crippen LogP contribution in [0.5, 0.6) is 0 Å². The van der Waals surface area contributed by atoms with Gasteiger partial charge in [-0.15, -0.1) is 0 Å². The Morgan fingerprint density at radius 3 is 2.68 bits per heavy atom. The average Bonchev–Trinajstić information content (AvgIpc) is 3.11. The molecular weight excluding hydrogens is 494 g/mol. The van der Waals surface area contributed by atoms with E-state index in [1.54, 1.807) is 0 Å². The fraction of sp³-hybridized carbons (Fsp3) is 0.333. The van der Waals surface area contributed by atoms with E-state index in [1.165, 1.54) is 11.3 Å². The van der Waals surface area contributed by atoms with E-state index in [9.17, 15) is 9.59 Å². The number of aryl methyl sites for hydroxylation is 1. The minimum absolute atomic E-state index is 0.0170. The summed E-state index contributed by atoms with van der Waals surface area (Å²) >= 11 is 3.42. The number of alkyl carbamates (subject to hydrolysis) is 1. The second-order valence-corrected chi connectivity index (χ2v) is 10.6. The number of aromatic amines is 1. The van der Waals surface area contributed by atoms with Gasteiger partial charge < -0.3 is 20.4 Å². The minimum Gasteiger partial charge on any atom is -0.444 e. The molecule has 3 N–H and O–H groups in total. The standard InChI is InChI=1S/C27H30BrN3O3/c1-27(2,3)34-26(33)30-20-12-14-24-22(16-20)21-15-19(11-13-23(21)31-24)29-25(32)6-4-5-17-7-9-18(28)10-8-17/h4-5,7-11,13,15,20,31H,6,12,14,16H2,1-3H3,(H,29,32)(H,30,33)/b5-4+. The summed E-state index contributed by atoms with van der Waals surface area (Å²) in [5.41, 5.74) is 4.71. The third-order valence-corrected chi connectivity index (χ3v) is 6.20. The molecule has 2 aromatic carbocycles. The van der Waals surface area contributed by atoms with E-state index < -0.39 is 5.60 Å². The number of amides is 2. The molecule has 1 heterocycles. The highest BCUT2D eigenvalue weighted by molar-refractivity contribution is 9.10. The molecule has 0 saturated heterocycles. The van der Waals surface area contributed by atoms with Crippen molar-refractivity contribution in [2.45, 2.75) is 58.1 Å². The van der Waals surface area contributed by atoms with Gasteiger partial charge in [0.25, 0.3) is 0 Å². The minimum atomic E-state index is -0.523. The van der Waals surface area contributed by atoms with Gasteiger partial charge in [-0.25, -0.2) is 4.79 Å². The van der Waals surface area contributed by atoms with Crippen molar-refractivity contribution in [3.63, 3.8) is 0 Å². The number of hydrogen-bond donors (Lipinski definition) is 3. The molecule has 0 aliphatic heterocycles. The molecule has 0 fully saturated rings. The summed E-state index contributed by atoms with van der Waals surface area (Å²) in [6.45, 7) is 5.58. The quantitative estimate of drug-likeness (QED) is 0.364. The first-order valence-electron chi connectivity index (χ1n) is 11.5.